The number of aromatic nitrogens is 2. The van der Waals surface area contributed by atoms with Gasteiger partial charge in [0.05, 0.1) is 12.6 Å². The molecule has 1 aliphatic heterocycles. The van der Waals surface area contributed by atoms with Gasteiger partial charge in [0.25, 0.3) is 5.91 Å². The zero-order chi connectivity index (χ0) is 23.5. The van der Waals surface area contributed by atoms with Gasteiger partial charge in [0, 0.05) is 17.7 Å². The lowest BCUT2D eigenvalue weighted by Gasteiger charge is -2.26. The number of hydrogen-bond acceptors (Lipinski definition) is 4. The summed E-state index contributed by atoms with van der Waals surface area (Å²) in [7, 11) is 0. The monoisotopic (exact) mass is 447 g/mol. The average molecular weight is 448 g/mol. The minimum atomic E-state index is -0.291. The van der Waals surface area contributed by atoms with Crippen LogP contribution < -0.4 is 4.74 Å². The van der Waals surface area contributed by atoms with E-state index in [0.29, 0.717) is 30.1 Å². The van der Waals surface area contributed by atoms with Crippen LogP contribution in [0.5, 0.6) is 11.5 Å². The molecule has 0 saturated carbocycles. The number of nitrogens with one attached hydrogen (secondary N) is 1. The molecule has 174 valence electrons. The third-order valence-corrected chi connectivity index (χ3v) is 6.21. The van der Waals surface area contributed by atoms with Crippen LogP contribution in [-0.4, -0.2) is 39.3 Å². The van der Waals surface area contributed by atoms with Crippen molar-refractivity contribution in [2.24, 2.45) is 0 Å². The molecule has 33 heavy (non-hydrogen) atoms. The number of aryl methyl sites for hydroxylation is 2. The molecule has 2 heterocycles. The number of H-pyrrole nitrogens is 1. The van der Waals surface area contributed by atoms with E-state index in [1.165, 1.54) is 0 Å². The van der Waals surface area contributed by atoms with Gasteiger partial charge in [-0.3, -0.25) is 9.89 Å². The Kier molecular flexibility index (Phi) is 6.72. The molecule has 3 aromatic rings. The van der Waals surface area contributed by atoms with Crippen LogP contribution in [0.3, 0.4) is 0 Å². The van der Waals surface area contributed by atoms with Crippen LogP contribution in [0.1, 0.15) is 78.3 Å². The van der Waals surface area contributed by atoms with Crippen LogP contribution in [0.25, 0.3) is 11.3 Å². The Morgan fingerprint density at radius 2 is 1.94 bits per heavy atom. The molecule has 0 aliphatic carbocycles. The molecular weight excluding hydrogens is 414 g/mol. The van der Waals surface area contributed by atoms with Gasteiger partial charge >= 0.3 is 0 Å². The third-order valence-electron chi connectivity index (χ3n) is 6.21. The van der Waals surface area contributed by atoms with E-state index in [2.05, 4.69) is 24.0 Å². The van der Waals surface area contributed by atoms with Crippen LogP contribution in [-0.2, 0) is 0 Å². The van der Waals surface area contributed by atoms with Crippen LogP contribution in [0.15, 0.2) is 36.4 Å². The second kappa shape index (κ2) is 9.69. The lowest BCUT2D eigenvalue weighted by Crippen LogP contribution is -2.30. The van der Waals surface area contributed by atoms with Gasteiger partial charge < -0.3 is 14.7 Å². The first-order valence-corrected chi connectivity index (χ1v) is 11.9. The number of phenolic OH excluding ortho intramolecular Hbond substituents is 1. The van der Waals surface area contributed by atoms with Gasteiger partial charge in [-0.05, 0) is 61.6 Å². The fourth-order valence-corrected chi connectivity index (χ4v) is 4.78. The van der Waals surface area contributed by atoms with Crippen molar-refractivity contribution in [3.8, 4) is 22.8 Å². The van der Waals surface area contributed by atoms with E-state index in [1.54, 1.807) is 6.07 Å². The van der Waals surface area contributed by atoms with Crippen molar-refractivity contribution in [3.05, 3.63) is 64.3 Å². The largest absolute Gasteiger partial charge is 0.507 e. The molecule has 1 aliphatic rings. The molecule has 0 spiro atoms. The first kappa shape index (κ1) is 22.9. The SMILES string of the molecule is CCCCCOc1cccc(C2c3c(-c4c(C)cc(C)cc4O)n[nH]c3C(=O)N2CCC)c1. The number of rotatable bonds is 9. The fraction of sp³-hybridized carbons (Fsp3) is 0.407. The number of benzene rings is 2. The lowest BCUT2D eigenvalue weighted by atomic mass is 9.93. The summed E-state index contributed by atoms with van der Waals surface area (Å²) < 4.78 is 6.00. The van der Waals surface area contributed by atoms with Gasteiger partial charge in [-0.25, -0.2) is 0 Å². The Bertz CT molecular complexity index is 1130. The minimum absolute atomic E-state index is 0.0610. The van der Waals surface area contributed by atoms with Crippen molar-refractivity contribution in [3.63, 3.8) is 0 Å². The molecule has 0 radical (unpaired) electrons. The van der Waals surface area contributed by atoms with Gasteiger partial charge in [-0.2, -0.15) is 5.10 Å². The number of carbonyl (C=O) groups excluding carboxylic acids is 1. The van der Waals surface area contributed by atoms with Crippen molar-refractivity contribution >= 4 is 5.91 Å². The normalized spacial score (nSPS) is 15.2. The summed E-state index contributed by atoms with van der Waals surface area (Å²) in [5.41, 5.74) is 5.50. The molecule has 6 nitrogen and oxygen atoms in total. The van der Waals surface area contributed by atoms with Crippen molar-refractivity contribution < 1.29 is 14.6 Å². The quantitative estimate of drug-likeness (QED) is 0.399. The molecule has 4 rings (SSSR count). The van der Waals surface area contributed by atoms with Crippen LogP contribution in [0, 0.1) is 13.8 Å². The van der Waals surface area contributed by atoms with Crippen LogP contribution in [0.2, 0.25) is 0 Å². The summed E-state index contributed by atoms with van der Waals surface area (Å²) in [4.78, 5) is 15.2. The highest BCUT2D eigenvalue weighted by atomic mass is 16.5. The zero-order valence-corrected chi connectivity index (χ0v) is 19.9. The number of amides is 1. The summed E-state index contributed by atoms with van der Waals surface area (Å²) >= 11 is 0. The minimum Gasteiger partial charge on any atom is -0.507 e. The van der Waals surface area contributed by atoms with Crippen LogP contribution in [0.4, 0.5) is 0 Å². The third kappa shape index (κ3) is 4.34. The summed E-state index contributed by atoms with van der Waals surface area (Å²) in [6, 6.07) is 11.5. The predicted molar refractivity (Wildman–Crippen MR) is 130 cm³/mol. The van der Waals surface area contributed by atoms with Gasteiger partial charge in [-0.15, -0.1) is 0 Å². The molecule has 0 bridgehead atoms. The van der Waals surface area contributed by atoms with Gasteiger partial charge in [0.15, 0.2) is 0 Å². The van der Waals surface area contributed by atoms with Crippen molar-refractivity contribution in [2.75, 3.05) is 13.2 Å². The van der Waals surface area contributed by atoms with Crippen molar-refractivity contribution in [1.82, 2.24) is 15.1 Å². The maximum atomic E-state index is 13.3. The van der Waals surface area contributed by atoms with E-state index < -0.39 is 0 Å². The zero-order valence-electron chi connectivity index (χ0n) is 19.9. The Labute approximate surface area is 195 Å². The second-order valence-corrected chi connectivity index (χ2v) is 8.87. The summed E-state index contributed by atoms with van der Waals surface area (Å²) in [6.07, 6.45) is 4.16. The smallest absolute Gasteiger partial charge is 0.273 e. The molecule has 0 saturated heterocycles. The highest BCUT2D eigenvalue weighted by Crippen LogP contribution is 2.46. The standard InChI is InChI=1S/C27H33N3O3/c1-5-7-8-13-33-20-11-9-10-19(16-20)26-23-24(22-18(4)14-17(3)15-21(22)31)28-29-25(23)27(32)30(26)12-6-2/h9-11,14-16,26,31H,5-8,12-13H2,1-4H3,(H,28,29). The predicted octanol–water partition coefficient (Wildman–Crippen LogP) is 5.92. The highest BCUT2D eigenvalue weighted by Gasteiger charge is 2.42. The number of hydrogen-bond donors (Lipinski definition) is 2. The van der Waals surface area contributed by atoms with E-state index >= 15 is 0 Å². The Hall–Kier alpha value is -3.28. The number of aromatic hydroxyl groups is 1. The first-order chi connectivity index (χ1) is 16.0. The number of carbonyl (C=O) groups is 1. The fourth-order valence-electron chi connectivity index (χ4n) is 4.78. The molecule has 0 fully saturated rings. The van der Waals surface area contributed by atoms with Crippen molar-refractivity contribution in [2.45, 2.75) is 59.4 Å². The van der Waals surface area contributed by atoms with E-state index in [0.717, 1.165) is 53.7 Å². The van der Waals surface area contributed by atoms with E-state index in [9.17, 15) is 9.90 Å². The summed E-state index contributed by atoms with van der Waals surface area (Å²) in [5.74, 6) is 0.921. The molecular formula is C27H33N3O3. The van der Waals surface area contributed by atoms with E-state index in [4.69, 9.17) is 4.74 Å². The Morgan fingerprint density at radius 1 is 1.12 bits per heavy atom. The maximum absolute atomic E-state index is 13.3. The van der Waals surface area contributed by atoms with Gasteiger partial charge in [-0.1, -0.05) is 44.9 Å². The lowest BCUT2D eigenvalue weighted by molar-refractivity contribution is 0.0743. The molecule has 6 heteroatoms. The molecule has 1 unspecified atom stereocenters. The number of fused-ring (bicyclic) bond motifs is 1. The van der Waals surface area contributed by atoms with E-state index in [1.807, 2.05) is 49.1 Å². The Morgan fingerprint density at radius 3 is 2.67 bits per heavy atom. The van der Waals surface area contributed by atoms with Gasteiger partial charge in [0.1, 0.15) is 22.9 Å². The molecule has 2 aromatic carbocycles. The number of ether oxygens (including phenoxy) is 1. The topological polar surface area (TPSA) is 78.5 Å². The molecule has 1 atom stereocenters. The van der Waals surface area contributed by atoms with Crippen molar-refractivity contribution in [1.29, 1.82) is 0 Å². The average Bonchev–Trinajstić information content (AvgIpc) is 3.31. The number of aromatic amines is 1. The number of nitrogens with zero attached hydrogens (tertiary/aromatic N) is 2. The maximum Gasteiger partial charge on any atom is 0.273 e. The molecule has 1 aromatic heterocycles. The summed E-state index contributed by atoms with van der Waals surface area (Å²) in [6.45, 7) is 9.47. The molecule has 2 N–H and O–H groups in total. The van der Waals surface area contributed by atoms with E-state index in [-0.39, 0.29) is 17.7 Å². The number of phenols is 1. The highest BCUT2D eigenvalue weighted by molar-refractivity contribution is 6.00. The van der Waals surface area contributed by atoms with Crippen LogP contribution >= 0.6 is 0 Å². The van der Waals surface area contributed by atoms with Gasteiger partial charge in [0.2, 0.25) is 0 Å². The molecule has 1 amide bonds. The Balaban J connectivity index is 1.79. The second-order valence-electron chi connectivity index (χ2n) is 8.87. The number of unbranched alkanes of at least 4 members (excludes halogenated alkanes) is 2. The summed E-state index contributed by atoms with van der Waals surface area (Å²) in [5, 5.41) is 18.3. The first-order valence-electron chi connectivity index (χ1n) is 11.9.